The maximum atomic E-state index is 12.9. The fraction of sp³-hybridized carbons (Fsp3) is 0.889. The van der Waals surface area contributed by atoms with Crippen molar-refractivity contribution in [3.8, 4) is 0 Å². The average Bonchev–Trinajstić information content (AvgIpc) is 3.54. The summed E-state index contributed by atoms with van der Waals surface area (Å²) in [7, 11) is 0. The van der Waals surface area contributed by atoms with Crippen molar-refractivity contribution in [2.75, 3.05) is 13.2 Å². The molecule has 8 rings (SSSR count). The van der Waals surface area contributed by atoms with Crippen molar-refractivity contribution in [2.45, 2.75) is 132 Å². The van der Waals surface area contributed by atoms with Crippen LogP contribution in [0.2, 0.25) is 0 Å². The van der Waals surface area contributed by atoms with E-state index in [9.17, 15) is 4.79 Å². The average molecular weight is 491 g/mol. The third kappa shape index (κ3) is 4.13. The van der Waals surface area contributed by atoms with Gasteiger partial charge in [-0.2, -0.15) is 0 Å². The van der Waals surface area contributed by atoms with Crippen LogP contribution < -0.4 is 0 Å². The highest BCUT2D eigenvalue weighted by Crippen LogP contribution is 2.54. The maximum absolute atomic E-state index is 12.9. The smallest absolute Gasteiger partial charge is 0.172 e. The summed E-state index contributed by atoms with van der Waals surface area (Å²) >= 11 is 0. The van der Waals surface area contributed by atoms with Gasteiger partial charge in [0.05, 0.1) is 37.1 Å². The lowest BCUT2D eigenvalue weighted by molar-refractivity contribution is -0.292. The topological polar surface area (TPSA) is 81.7 Å². The van der Waals surface area contributed by atoms with Crippen molar-refractivity contribution in [3.63, 3.8) is 0 Å². The molecule has 8 aliphatic rings. The fourth-order valence-corrected chi connectivity index (χ4v) is 7.54. The van der Waals surface area contributed by atoms with Crippen LogP contribution >= 0.6 is 0 Å². The van der Waals surface area contributed by atoms with E-state index in [4.69, 9.17) is 33.2 Å². The lowest BCUT2D eigenvalue weighted by atomic mass is 9.86. The van der Waals surface area contributed by atoms with Crippen LogP contribution in [0.15, 0.2) is 12.2 Å². The van der Waals surface area contributed by atoms with Crippen LogP contribution in [-0.4, -0.2) is 85.8 Å². The van der Waals surface area contributed by atoms with Gasteiger partial charge in [-0.25, -0.2) is 0 Å². The Morgan fingerprint density at radius 3 is 2.54 bits per heavy atom. The van der Waals surface area contributed by atoms with E-state index in [1.807, 2.05) is 0 Å². The van der Waals surface area contributed by atoms with Crippen LogP contribution in [0, 0.1) is 5.92 Å². The standard InChI is InChI=1S/C27H38O8/c1-14-9-18(30-13-14)5-7-27-12-21-23(34-27)24-25(33-21)26(35-27)22-20(32-24)4-3-19(31-22)11-17(28)10-16-6-8-29-15(16)2/h15-16,18-26H,1,3-13H2,2H3/t15-,16?,18?,19?,20?,21+,22-,23?,24-,25?,26?,27-/m0/s1. The Morgan fingerprint density at radius 1 is 0.914 bits per heavy atom. The molecule has 6 bridgehead atoms. The molecular weight excluding hydrogens is 452 g/mol. The number of ketones is 1. The zero-order chi connectivity index (χ0) is 23.7. The Kier molecular flexibility index (Phi) is 5.89. The van der Waals surface area contributed by atoms with Crippen LogP contribution in [0.5, 0.6) is 0 Å². The lowest BCUT2D eigenvalue weighted by Crippen LogP contribution is -2.61. The summed E-state index contributed by atoms with van der Waals surface area (Å²) in [6.45, 7) is 7.54. The van der Waals surface area contributed by atoms with Gasteiger partial charge >= 0.3 is 0 Å². The Hall–Kier alpha value is -0.870. The summed E-state index contributed by atoms with van der Waals surface area (Å²) < 4.78 is 44.5. The third-order valence-corrected chi connectivity index (χ3v) is 9.39. The molecule has 0 aromatic heterocycles. The number of carbonyl (C=O) groups excluding carboxylic acids is 1. The van der Waals surface area contributed by atoms with Gasteiger partial charge in [0.2, 0.25) is 0 Å². The summed E-state index contributed by atoms with van der Waals surface area (Å²) in [5, 5.41) is 0. The van der Waals surface area contributed by atoms with Crippen LogP contribution in [0.4, 0.5) is 0 Å². The van der Waals surface area contributed by atoms with Crippen LogP contribution in [-0.2, 0) is 38.0 Å². The molecule has 194 valence electrons. The van der Waals surface area contributed by atoms with Gasteiger partial charge in [-0.05, 0) is 50.5 Å². The summed E-state index contributed by atoms with van der Waals surface area (Å²) in [5.41, 5.74) is 1.16. The molecule has 0 amide bonds. The summed E-state index contributed by atoms with van der Waals surface area (Å²) in [4.78, 5) is 12.9. The molecule has 0 N–H and O–H groups in total. The summed E-state index contributed by atoms with van der Waals surface area (Å²) in [5.74, 6) is -0.0826. The lowest BCUT2D eigenvalue weighted by Gasteiger charge is -2.47. The number of hydrogen-bond donors (Lipinski definition) is 0. The van der Waals surface area contributed by atoms with Gasteiger partial charge in [0.25, 0.3) is 0 Å². The molecular formula is C27H38O8. The quantitative estimate of drug-likeness (QED) is 0.504. The SMILES string of the molecule is C=C1COC(CC[C@@]23C[C@H]4OC5C(O2)[C@H]2OC(CC(=O)CC6CCO[C@H]6C)CCC2O[C@H]5C4O3)C1. The number of fused-ring (bicyclic) bond motifs is 1. The van der Waals surface area contributed by atoms with Gasteiger partial charge in [0.1, 0.15) is 36.3 Å². The monoisotopic (exact) mass is 490 g/mol. The zero-order valence-corrected chi connectivity index (χ0v) is 20.6. The highest BCUT2D eigenvalue weighted by atomic mass is 16.8. The molecule has 8 saturated heterocycles. The zero-order valence-electron chi connectivity index (χ0n) is 20.6. The second-order valence-corrected chi connectivity index (χ2v) is 11.9. The molecule has 35 heavy (non-hydrogen) atoms. The van der Waals surface area contributed by atoms with Gasteiger partial charge in [0, 0.05) is 32.3 Å². The van der Waals surface area contributed by atoms with Crippen LogP contribution in [0.1, 0.15) is 64.7 Å². The van der Waals surface area contributed by atoms with E-state index in [1.54, 1.807) is 0 Å². The van der Waals surface area contributed by atoms with Crippen molar-refractivity contribution >= 4 is 5.78 Å². The first-order valence-corrected chi connectivity index (χ1v) is 13.7. The van der Waals surface area contributed by atoms with Gasteiger partial charge in [-0.15, -0.1) is 0 Å². The predicted molar refractivity (Wildman–Crippen MR) is 123 cm³/mol. The molecule has 0 spiro atoms. The number of Topliss-reactive ketones (excluding diaryl/α,β-unsaturated/α-hetero) is 1. The highest BCUT2D eigenvalue weighted by Gasteiger charge is 2.68. The minimum absolute atomic E-state index is 0.00242. The Morgan fingerprint density at radius 2 is 1.74 bits per heavy atom. The van der Waals surface area contributed by atoms with E-state index in [0.717, 1.165) is 57.1 Å². The van der Waals surface area contributed by atoms with E-state index < -0.39 is 5.79 Å². The molecule has 0 aromatic carbocycles. The molecule has 0 aromatic rings. The molecule has 8 heteroatoms. The number of ether oxygens (including phenoxy) is 7. The van der Waals surface area contributed by atoms with Crippen molar-refractivity contribution in [1.29, 1.82) is 0 Å². The molecule has 0 saturated carbocycles. The largest absolute Gasteiger partial charge is 0.378 e. The molecule has 12 atom stereocenters. The van der Waals surface area contributed by atoms with Gasteiger partial charge in [0.15, 0.2) is 5.79 Å². The van der Waals surface area contributed by atoms with Crippen molar-refractivity contribution in [2.24, 2.45) is 5.92 Å². The molecule has 8 heterocycles. The van der Waals surface area contributed by atoms with E-state index in [0.29, 0.717) is 25.4 Å². The summed E-state index contributed by atoms with van der Waals surface area (Å²) in [6.07, 6.45) is 6.33. The first kappa shape index (κ1) is 23.3. The van der Waals surface area contributed by atoms with E-state index >= 15 is 0 Å². The number of rotatable bonds is 7. The summed E-state index contributed by atoms with van der Waals surface area (Å²) in [6, 6.07) is 0. The van der Waals surface area contributed by atoms with Crippen molar-refractivity contribution < 1.29 is 38.0 Å². The Bertz CT molecular complexity index is 862. The van der Waals surface area contributed by atoms with Gasteiger partial charge in [-0.1, -0.05) is 6.58 Å². The third-order valence-electron chi connectivity index (χ3n) is 9.39. The first-order valence-electron chi connectivity index (χ1n) is 13.7. The number of carbonyl (C=O) groups is 1. The van der Waals surface area contributed by atoms with Crippen molar-refractivity contribution in [1.82, 2.24) is 0 Å². The fourth-order valence-electron chi connectivity index (χ4n) is 7.54. The molecule has 8 aliphatic heterocycles. The van der Waals surface area contributed by atoms with E-state index in [1.165, 1.54) is 0 Å². The molecule has 8 fully saturated rings. The van der Waals surface area contributed by atoms with Gasteiger partial charge < -0.3 is 33.2 Å². The van der Waals surface area contributed by atoms with Crippen LogP contribution in [0.25, 0.3) is 0 Å². The molecule has 0 aliphatic carbocycles. The molecule has 8 nitrogen and oxygen atoms in total. The second kappa shape index (κ2) is 8.86. The van der Waals surface area contributed by atoms with Gasteiger partial charge in [-0.3, -0.25) is 4.79 Å². The van der Waals surface area contributed by atoms with E-state index in [2.05, 4.69) is 13.5 Å². The predicted octanol–water partition coefficient (Wildman–Crippen LogP) is 2.85. The Labute approximate surface area is 206 Å². The second-order valence-electron chi connectivity index (χ2n) is 11.9. The molecule has 0 radical (unpaired) electrons. The minimum atomic E-state index is -0.681. The number of hydrogen-bond acceptors (Lipinski definition) is 8. The first-order chi connectivity index (χ1) is 17.0. The minimum Gasteiger partial charge on any atom is -0.378 e. The molecule has 7 unspecified atom stereocenters. The highest BCUT2D eigenvalue weighted by molar-refractivity contribution is 5.79. The normalized spacial score (nSPS) is 52.1. The van der Waals surface area contributed by atoms with Crippen LogP contribution in [0.3, 0.4) is 0 Å². The van der Waals surface area contributed by atoms with Crippen molar-refractivity contribution in [3.05, 3.63) is 12.2 Å². The maximum Gasteiger partial charge on any atom is 0.172 e. The Balaban J connectivity index is 1.03. The van der Waals surface area contributed by atoms with E-state index in [-0.39, 0.29) is 66.8 Å².